The average molecular weight is 515 g/mol. The van der Waals surface area contributed by atoms with Crippen LogP contribution < -0.4 is 16.0 Å². The highest BCUT2D eigenvalue weighted by atomic mass is 19.4. The number of nitrogens with zero attached hydrogens (tertiary/aromatic N) is 1. The van der Waals surface area contributed by atoms with Crippen molar-refractivity contribution in [3.8, 4) is 6.07 Å². The second-order valence-corrected chi connectivity index (χ2v) is 12.5. The summed E-state index contributed by atoms with van der Waals surface area (Å²) >= 11 is 0. The third kappa shape index (κ3) is 8.20. The van der Waals surface area contributed by atoms with Gasteiger partial charge in [0.05, 0.1) is 12.0 Å². The summed E-state index contributed by atoms with van der Waals surface area (Å²) < 4.78 is 38.7. The molecule has 1 saturated heterocycles. The normalized spacial score (nSPS) is 21.7. The van der Waals surface area contributed by atoms with Crippen LogP contribution >= 0.6 is 0 Å². The highest BCUT2D eigenvalue weighted by Crippen LogP contribution is 2.46. The van der Waals surface area contributed by atoms with Gasteiger partial charge in [0.15, 0.2) is 0 Å². The lowest BCUT2D eigenvalue weighted by Gasteiger charge is -2.33. The molecule has 1 saturated carbocycles. The van der Waals surface area contributed by atoms with E-state index in [0.29, 0.717) is 6.42 Å². The number of hydrogen-bond acceptors (Lipinski definition) is 5. The molecule has 2 rings (SSSR count). The summed E-state index contributed by atoms with van der Waals surface area (Å²) in [6, 6.07) is -0.132. The number of hydrogen-bond donors (Lipinski definition) is 3. The van der Waals surface area contributed by atoms with E-state index in [2.05, 4.69) is 16.0 Å². The molecule has 36 heavy (non-hydrogen) atoms. The highest BCUT2D eigenvalue weighted by molar-refractivity contribution is 5.93. The van der Waals surface area contributed by atoms with Gasteiger partial charge in [-0.1, -0.05) is 41.5 Å². The first kappa shape index (κ1) is 29.6. The molecular formula is C25H37F3N4O4. The van der Waals surface area contributed by atoms with Crippen molar-refractivity contribution in [3.05, 3.63) is 0 Å². The van der Waals surface area contributed by atoms with Gasteiger partial charge in [0.2, 0.25) is 23.5 Å². The Morgan fingerprint density at radius 3 is 2.08 bits per heavy atom. The van der Waals surface area contributed by atoms with E-state index in [9.17, 15) is 37.6 Å². The lowest BCUT2D eigenvalue weighted by atomic mass is 9.76. The minimum Gasteiger partial charge on any atom is -0.350 e. The van der Waals surface area contributed by atoms with E-state index in [0.717, 1.165) is 12.8 Å². The number of nitriles is 1. The molecule has 8 nitrogen and oxygen atoms in total. The number of alkyl halides is 3. The second-order valence-electron chi connectivity index (χ2n) is 12.5. The van der Waals surface area contributed by atoms with Crippen LogP contribution in [0.5, 0.6) is 0 Å². The van der Waals surface area contributed by atoms with Crippen molar-refractivity contribution in [1.29, 1.82) is 5.26 Å². The van der Waals surface area contributed by atoms with Gasteiger partial charge in [-0.05, 0) is 42.9 Å². The van der Waals surface area contributed by atoms with Crippen LogP contribution in [-0.4, -0.2) is 47.3 Å². The van der Waals surface area contributed by atoms with Gasteiger partial charge in [-0.3, -0.25) is 19.2 Å². The average Bonchev–Trinajstić information content (AvgIpc) is 3.37. The molecule has 0 aromatic rings. The van der Waals surface area contributed by atoms with Crippen LogP contribution in [0, 0.1) is 34.0 Å². The van der Waals surface area contributed by atoms with E-state index >= 15 is 0 Å². The SMILES string of the molecule is CC(C)(C)CC(NC(=O)C(CC(=O)C(F)(F)F)C(C)(C)C)C(=O)NC(C#N)CC1CC2(CC2)NC1=O. The molecule has 4 atom stereocenters. The number of ketones is 1. The Morgan fingerprint density at radius 1 is 1.08 bits per heavy atom. The van der Waals surface area contributed by atoms with E-state index in [-0.39, 0.29) is 24.3 Å². The summed E-state index contributed by atoms with van der Waals surface area (Å²) in [6.07, 6.45) is -3.47. The van der Waals surface area contributed by atoms with Crippen molar-refractivity contribution in [2.24, 2.45) is 22.7 Å². The Kier molecular flexibility index (Phi) is 8.53. The van der Waals surface area contributed by atoms with Crippen LogP contribution in [-0.2, 0) is 19.2 Å². The smallest absolute Gasteiger partial charge is 0.350 e. The first-order valence-electron chi connectivity index (χ1n) is 12.2. The number of carbonyl (C=O) groups is 4. The fourth-order valence-electron chi connectivity index (χ4n) is 4.54. The monoisotopic (exact) mass is 514 g/mol. The lowest BCUT2D eigenvalue weighted by molar-refractivity contribution is -0.173. The summed E-state index contributed by atoms with van der Waals surface area (Å²) in [7, 11) is 0. The molecule has 1 spiro atoms. The zero-order valence-electron chi connectivity index (χ0n) is 21.8. The first-order valence-corrected chi connectivity index (χ1v) is 12.2. The minimum absolute atomic E-state index is 0.122. The standard InChI is InChI=1S/C25H37F3N4O4/c1-22(2,3)12-17(31-20(35)16(23(4,5)6)10-18(33)25(26,27)28)21(36)30-15(13-29)9-14-11-24(7-8-24)32-19(14)34/h14-17H,7-12H2,1-6H3,(H,30,36)(H,31,35)(H,32,34). The van der Waals surface area contributed by atoms with E-state index in [1.54, 1.807) is 20.8 Å². The van der Waals surface area contributed by atoms with E-state index < -0.39 is 64.9 Å². The Morgan fingerprint density at radius 2 is 1.67 bits per heavy atom. The summed E-state index contributed by atoms with van der Waals surface area (Å²) in [4.78, 5) is 50.1. The summed E-state index contributed by atoms with van der Waals surface area (Å²) in [6.45, 7) is 10.1. The zero-order valence-corrected chi connectivity index (χ0v) is 21.8. The van der Waals surface area contributed by atoms with Gasteiger partial charge in [-0.2, -0.15) is 18.4 Å². The van der Waals surface area contributed by atoms with Crippen molar-refractivity contribution in [3.63, 3.8) is 0 Å². The molecule has 2 fully saturated rings. The molecule has 1 aliphatic carbocycles. The maximum Gasteiger partial charge on any atom is 0.449 e. The van der Waals surface area contributed by atoms with Gasteiger partial charge < -0.3 is 16.0 Å². The molecule has 0 bridgehead atoms. The predicted molar refractivity (Wildman–Crippen MR) is 125 cm³/mol. The van der Waals surface area contributed by atoms with Gasteiger partial charge in [0.25, 0.3) is 0 Å². The third-order valence-corrected chi connectivity index (χ3v) is 6.76. The van der Waals surface area contributed by atoms with Crippen LogP contribution in [0.25, 0.3) is 0 Å². The predicted octanol–water partition coefficient (Wildman–Crippen LogP) is 3.16. The summed E-state index contributed by atoms with van der Waals surface area (Å²) in [5.74, 6) is -5.41. The van der Waals surface area contributed by atoms with Gasteiger partial charge in [-0.25, -0.2) is 0 Å². The third-order valence-electron chi connectivity index (χ3n) is 6.76. The van der Waals surface area contributed by atoms with Gasteiger partial charge >= 0.3 is 6.18 Å². The van der Waals surface area contributed by atoms with Gasteiger partial charge in [0.1, 0.15) is 12.1 Å². The van der Waals surface area contributed by atoms with Crippen molar-refractivity contribution >= 4 is 23.5 Å². The molecule has 2 aliphatic rings. The van der Waals surface area contributed by atoms with Crippen molar-refractivity contribution in [1.82, 2.24) is 16.0 Å². The van der Waals surface area contributed by atoms with Gasteiger partial charge in [-0.15, -0.1) is 0 Å². The van der Waals surface area contributed by atoms with Crippen LogP contribution in [0.3, 0.4) is 0 Å². The highest BCUT2D eigenvalue weighted by Gasteiger charge is 2.52. The number of amides is 3. The Hall–Kier alpha value is -2.64. The molecule has 1 heterocycles. The molecule has 0 aromatic carbocycles. The fourth-order valence-corrected chi connectivity index (χ4v) is 4.54. The molecule has 202 valence electrons. The molecule has 4 unspecified atom stereocenters. The van der Waals surface area contributed by atoms with Crippen molar-refractivity contribution in [2.75, 3.05) is 0 Å². The number of Topliss-reactive ketones (excluding diaryl/α,β-unsaturated/α-hetero) is 1. The first-order chi connectivity index (χ1) is 16.3. The van der Waals surface area contributed by atoms with Crippen molar-refractivity contribution < 1.29 is 32.3 Å². The second kappa shape index (κ2) is 10.4. The van der Waals surface area contributed by atoms with Crippen LogP contribution in [0.4, 0.5) is 13.2 Å². The maximum atomic E-state index is 13.2. The fraction of sp³-hybridized carbons (Fsp3) is 0.800. The zero-order chi connectivity index (χ0) is 27.7. The minimum atomic E-state index is -5.07. The molecule has 1 aliphatic heterocycles. The molecular weight excluding hydrogens is 477 g/mol. The van der Waals surface area contributed by atoms with E-state index in [1.165, 1.54) is 0 Å². The topological polar surface area (TPSA) is 128 Å². The van der Waals surface area contributed by atoms with Crippen LogP contribution in [0.15, 0.2) is 0 Å². The number of nitrogens with one attached hydrogen (secondary N) is 3. The largest absolute Gasteiger partial charge is 0.449 e. The quantitative estimate of drug-likeness (QED) is 0.436. The molecule has 0 aromatic heterocycles. The summed E-state index contributed by atoms with van der Waals surface area (Å²) in [5, 5.41) is 17.7. The van der Waals surface area contributed by atoms with Crippen LogP contribution in [0.1, 0.15) is 80.1 Å². The molecule has 3 N–H and O–H groups in total. The Balaban J connectivity index is 2.14. The maximum absolute atomic E-state index is 13.2. The Bertz CT molecular complexity index is 924. The van der Waals surface area contributed by atoms with Crippen molar-refractivity contribution in [2.45, 2.75) is 104 Å². The summed E-state index contributed by atoms with van der Waals surface area (Å²) in [5.41, 5.74) is -1.62. The molecule has 0 radical (unpaired) electrons. The molecule has 3 amide bonds. The molecule has 11 heteroatoms. The van der Waals surface area contributed by atoms with Crippen LogP contribution in [0.2, 0.25) is 0 Å². The Labute approximate surface area is 210 Å². The number of halogens is 3. The number of rotatable bonds is 9. The van der Waals surface area contributed by atoms with E-state index in [1.807, 2.05) is 26.8 Å². The lowest BCUT2D eigenvalue weighted by Crippen LogP contribution is -2.53. The number of carbonyl (C=O) groups excluding carboxylic acids is 4. The van der Waals surface area contributed by atoms with E-state index in [4.69, 9.17) is 0 Å². The van der Waals surface area contributed by atoms with Gasteiger partial charge in [0, 0.05) is 17.9 Å².